The Morgan fingerprint density at radius 3 is 2.38 bits per heavy atom. The van der Waals surface area contributed by atoms with Gasteiger partial charge in [-0.2, -0.15) is 5.10 Å². The molecule has 4 aromatic rings. The second-order valence-corrected chi connectivity index (χ2v) is 10.0. The van der Waals surface area contributed by atoms with Crippen molar-refractivity contribution in [2.24, 2.45) is 0 Å². The summed E-state index contributed by atoms with van der Waals surface area (Å²) in [5.41, 5.74) is 4.55. The van der Waals surface area contributed by atoms with Gasteiger partial charge in [-0.25, -0.2) is 4.68 Å². The van der Waals surface area contributed by atoms with Crippen molar-refractivity contribution >= 4 is 40.3 Å². The zero-order valence-corrected chi connectivity index (χ0v) is 21.9. The SMILES string of the molecule is COCCN1C(=O)/C(=C/c2cn(-c3ccccc3)nc2-c2ccc(OCc3ccccc3)cc2)SC1=S. The van der Waals surface area contributed by atoms with E-state index in [1.165, 1.54) is 11.8 Å². The summed E-state index contributed by atoms with van der Waals surface area (Å²) in [4.78, 5) is 15.2. The highest BCUT2D eigenvalue weighted by molar-refractivity contribution is 8.26. The monoisotopic (exact) mass is 527 g/mol. The quantitative estimate of drug-likeness (QED) is 0.198. The van der Waals surface area contributed by atoms with Crippen LogP contribution < -0.4 is 4.74 Å². The number of carbonyl (C=O) groups excluding carboxylic acids is 1. The molecule has 3 aromatic carbocycles. The number of carbonyl (C=O) groups is 1. The number of thiocarbonyl (C=S) groups is 1. The highest BCUT2D eigenvalue weighted by atomic mass is 32.2. The van der Waals surface area contributed by atoms with Crippen molar-refractivity contribution in [1.29, 1.82) is 0 Å². The van der Waals surface area contributed by atoms with Gasteiger partial charge < -0.3 is 9.47 Å². The average Bonchev–Trinajstić information content (AvgIpc) is 3.48. The van der Waals surface area contributed by atoms with Gasteiger partial charge in [-0.05, 0) is 48.0 Å². The van der Waals surface area contributed by atoms with E-state index in [1.54, 1.807) is 12.0 Å². The predicted octanol–water partition coefficient (Wildman–Crippen LogP) is 5.97. The summed E-state index contributed by atoms with van der Waals surface area (Å²) in [7, 11) is 1.61. The van der Waals surface area contributed by atoms with Gasteiger partial charge in [0, 0.05) is 24.4 Å². The van der Waals surface area contributed by atoms with Crippen molar-refractivity contribution in [3.63, 3.8) is 0 Å². The molecule has 186 valence electrons. The summed E-state index contributed by atoms with van der Waals surface area (Å²) in [5.74, 6) is 0.658. The third-order valence-electron chi connectivity index (χ3n) is 5.82. The molecule has 8 heteroatoms. The molecule has 0 spiro atoms. The summed E-state index contributed by atoms with van der Waals surface area (Å²) in [6.07, 6.45) is 3.81. The lowest BCUT2D eigenvalue weighted by Crippen LogP contribution is -2.31. The van der Waals surface area contributed by atoms with Crippen molar-refractivity contribution in [3.05, 3.63) is 107 Å². The number of hydrogen-bond donors (Lipinski definition) is 0. The van der Waals surface area contributed by atoms with Crippen molar-refractivity contribution in [1.82, 2.24) is 14.7 Å². The number of benzene rings is 3. The minimum absolute atomic E-state index is 0.116. The number of thioether (sulfide) groups is 1. The fraction of sp³-hybridized carbons (Fsp3) is 0.138. The van der Waals surface area contributed by atoms with Gasteiger partial charge in [-0.3, -0.25) is 9.69 Å². The van der Waals surface area contributed by atoms with Crippen molar-refractivity contribution < 1.29 is 14.3 Å². The Morgan fingerprint density at radius 1 is 0.973 bits per heavy atom. The largest absolute Gasteiger partial charge is 0.489 e. The molecule has 0 atom stereocenters. The normalized spacial score (nSPS) is 14.5. The van der Waals surface area contributed by atoms with Gasteiger partial charge in [0.15, 0.2) is 0 Å². The van der Waals surface area contributed by atoms with Crippen LogP contribution in [0.3, 0.4) is 0 Å². The van der Waals surface area contributed by atoms with Gasteiger partial charge in [0.05, 0.1) is 29.4 Å². The van der Waals surface area contributed by atoms with Crippen molar-refractivity contribution in [2.75, 3.05) is 20.3 Å². The standard InChI is InChI=1S/C29H25N3O3S2/c1-34-17-16-31-28(33)26(37-29(31)36)18-23-19-32(24-10-6-3-7-11-24)30-27(23)22-12-14-25(15-13-22)35-20-21-8-4-2-5-9-21/h2-15,18-19H,16-17,20H2,1H3/b26-18-. The molecule has 5 rings (SSSR count). The molecule has 1 fully saturated rings. The van der Waals surface area contributed by atoms with Crippen LogP contribution >= 0.6 is 24.0 Å². The van der Waals surface area contributed by atoms with Gasteiger partial charge >= 0.3 is 0 Å². The topological polar surface area (TPSA) is 56.6 Å². The first-order valence-corrected chi connectivity index (χ1v) is 13.0. The van der Waals surface area contributed by atoms with Gasteiger partial charge in [-0.1, -0.05) is 72.5 Å². The zero-order chi connectivity index (χ0) is 25.6. The molecule has 37 heavy (non-hydrogen) atoms. The summed E-state index contributed by atoms with van der Waals surface area (Å²) in [5, 5.41) is 4.87. The minimum atomic E-state index is -0.116. The number of aromatic nitrogens is 2. The number of hydrogen-bond acceptors (Lipinski definition) is 6. The summed E-state index contributed by atoms with van der Waals surface area (Å²) >= 11 is 6.74. The number of ether oxygens (including phenoxy) is 2. The Balaban J connectivity index is 1.44. The van der Waals surface area contributed by atoms with Crippen LogP contribution in [0.1, 0.15) is 11.1 Å². The number of para-hydroxylation sites is 1. The van der Waals surface area contributed by atoms with E-state index in [4.69, 9.17) is 26.8 Å². The highest BCUT2D eigenvalue weighted by Gasteiger charge is 2.32. The highest BCUT2D eigenvalue weighted by Crippen LogP contribution is 2.35. The molecular weight excluding hydrogens is 502 g/mol. The van der Waals surface area contributed by atoms with E-state index in [2.05, 4.69) is 0 Å². The lowest BCUT2D eigenvalue weighted by Gasteiger charge is -2.12. The first kappa shape index (κ1) is 25.0. The van der Waals surface area contributed by atoms with E-state index in [1.807, 2.05) is 102 Å². The van der Waals surface area contributed by atoms with E-state index >= 15 is 0 Å². The van der Waals surface area contributed by atoms with E-state index in [0.717, 1.165) is 33.8 Å². The number of nitrogens with zero attached hydrogens (tertiary/aromatic N) is 3. The Hall–Kier alpha value is -3.72. The molecule has 0 radical (unpaired) electrons. The smallest absolute Gasteiger partial charge is 0.266 e. The first-order valence-electron chi connectivity index (χ1n) is 11.8. The third kappa shape index (κ3) is 5.83. The molecule has 0 bridgehead atoms. The lowest BCUT2D eigenvalue weighted by molar-refractivity contribution is -0.122. The minimum Gasteiger partial charge on any atom is -0.489 e. The maximum atomic E-state index is 13.0. The van der Waals surface area contributed by atoms with Crippen LogP contribution in [0.25, 0.3) is 23.0 Å². The van der Waals surface area contributed by atoms with Gasteiger partial charge in [0.2, 0.25) is 0 Å². The van der Waals surface area contributed by atoms with E-state index in [0.29, 0.717) is 29.0 Å². The van der Waals surface area contributed by atoms with Crippen LogP contribution in [-0.2, 0) is 16.1 Å². The fourth-order valence-electron chi connectivity index (χ4n) is 3.90. The van der Waals surface area contributed by atoms with E-state index in [-0.39, 0.29) is 5.91 Å². The Morgan fingerprint density at radius 2 is 1.68 bits per heavy atom. The average molecular weight is 528 g/mol. The predicted molar refractivity (Wildman–Crippen MR) is 152 cm³/mol. The molecule has 1 aromatic heterocycles. The second kappa shape index (κ2) is 11.6. The van der Waals surface area contributed by atoms with Crippen LogP contribution in [0.4, 0.5) is 0 Å². The van der Waals surface area contributed by atoms with Crippen LogP contribution in [0.2, 0.25) is 0 Å². The van der Waals surface area contributed by atoms with E-state index < -0.39 is 0 Å². The molecule has 1 amide bonds. The fourth-order valence-corrected chi connectivity index (χ4v) is 5.20. The molecule has 0 N–H and O–H groups in total. The summed E-state index contributed by atoms with van der Waals surface area (Å²) in [6.45, 7) is 1.35. The van der Waals surface area contributed by atoms with Gasteiger partial charge in [0.1, 0.15) is 16.7 Å². The summed E-state index contributed by atoms with van der Waals surface area (Å²) < 4.78 is 13.4. The number of amides is 1. The maximum absolute atomic E-state index is 13.0. The van der Waals surface area contributed by atoms with Crippen LogP contribution in [0.5, 0.6) is 5.75 Å². The van der Waals surface area contributed by atoms with Crippen molar-refractivity contribution in [3.8, 4) is 22.7 Å². The number of methoxy groups -OCH3 is 1. The van der Waals surface area contributed by atoms with Gasteiger partial charge in [-0.15, -0.1) is 0 Å². The first-order chi connectivity index (χ1) is 18.1. The molecule has 2 heterocycles. The molecule has 0 saturated carbocycles. The summed E-state index contributed by atoms with van der Waals surface area (Å²) in [6, 6.07) is 27.8. The molecular formula is C29H25N3O3S2. The molecule has 0 unspecified atom stereocenters. The molecule has 1 saturated heterocycles. The van der Waals surface area contributed by atoms with Crippen LogP contribution in [-0.4, -0.2) is 45.2 Å². The van der Waals surface area contributed by atoms with E-state index in [9.17, 15) is 4.79 Å². The zero-order valence-electron chi connectivity index (χ0n) is 20.2. The number of rotatable bonds is 9. The Labute approximate surface area is 225 Å². The van der Waals surface area contributed by atoms with Gasteiger partial charge in [0.25, 0.3) is 5.91 Å². The van der Waals surface area contributed by atoms with Crippen molar-refractivity contribution in [2.45, 2.75) is 6.61 Å². The molecule has 1 aliphatic rings. The Bertz CT molecular complexity index is 1420. The van der Waals surface area contributed by atoms with Crippen LogP contribution in [0.15, 0.2) is 96.0 Å². The molecule has 1 aliphatic heterocycles. The molecule has 0 aliphatic carbocycles. The lowest BCUT2D eigenvalue weighted by atomic mass is 10.1. The molecule has 6 nitrogen and oxygen atoms in total. The third-order valence-corrected chi connectivity index (χ3v) is 7.20. The second-order valence-electron chi connectivity index (χ2n) is 8.34. The maximum Gasteiger partial charge on any atom is 0.266 e. The Kier molecular flexibility index (Phi) is 7.79. The van der Waals surface area contributed by atoms with Crippen LogP contribution in [0, 0.1) is 0 Å².